The van der Waals surface area contributed by atoms with Gasteiger partial charge in [0.15, 0.2) is 0 Å². The van der Waals surface area contributed by atoms with Crippen molar-refractivity contribution < 1.29 is 21.6 Å². The molecule has 0 amide bonds. The average molecular weight is 322 g/mol. The van der Waals surface area contributed by atoms with Crippen molar-refractivity contribution in [3.63, 3.8) is 0 Å². The van der Waals surface area contributed by atoms with E-state index in [1.807, 2.05) is 0 Å². The summed E-state index contributed by atoms with van der Waals surface area (Å²) in [6.07, 6.45) is 1.29. The zero-order valence-electron chi connectivity index (χ0n) is 11.1. The van der Waals surface area contributed by atoms with E-state index in [9.17, 15) is 16.8 Å². The summed E-state index contributed by atoms with van der Waals surface area (Å²) < 4.78 is 54.1. The summed E-state index contributed by atoms with van der Waals surface area (Å²) in [7, 11) is -6.44. The van der Waals surface area contributed by atoms with Gasteiger partial charge in [0.05, 0.1) is 0 Å². The average Bonchev–Trinajstić information content (AvgIpc) is 2.37. The molecule has 0 aliphatic carbocycles. The van der Waals surface area contributed by atoms with Crippen molar-refractivity contribution >= 4 is 20.0 Å². The number of rotatable bonds is 8. The van der Waals surface area contributed by atoms with E-state index in [2.05, 4.69) is 4.72 Å². The van der Waals surface area contributed by atoms with E-state index in [1.54, 1.807) is 7.11 Å². The van der Waals surface area contributed by atoms with Crippen molar-refractivity contribution in [3.8, 4) is 0 Å². The van der Waals surface area contributed by atoms with Crippen molar-refractivity contribution in [2.24, 2.45) is 5.14 Å². The lowest BCUT2D eigenvalue weighted by molar-refractivity contribution is 0.193. The molecule has 0 unspecified atom stereocenters. The fourth-order valence-corrected chi connectivity index (χ4v) is 4.02. The van der Waals surface area contributed by atoms with Crippen LogP contribution in [0, 0.1) is 0 Å². The first-order valence-corrected chi connectivity index (χ1v) is 8.92. The number of benzene rings is 1. The van der Waals surface area contributed by atoms with E-state index in [0.29, 0.717) is 19.4 Å². The van der Waals surface area contributed by atoms with Crippen LogP contribution in [0.3, 0.4) is 0 Å². The molecule has 0 radical (unpaired) electrons. The monoisotopic (exact) mass is 322 g/mol. The van der Waals surface area contributed by atoms with Crippen LogP contribution in [0.25, 0.3) is 0 Å². The largest absolute Gasteiger partial charge is 0.385 e. The Morgan fingerprint density at radius 1 is 1.10 bits per heavy atom. The van der Waals surface area contributed by atoms with Gasteiger partial charge in [0.2, 0.25) is 20.0 Å². The molecule has 0 saturated heterocycles. The summed E-state index contributed by atoms with van der Waals surface area (Å²) in [6, 6.07) is 5.22. The zero-order chi connectivity index (χ0) is 15.2. The molecule has 1 aromatic rings. The van der Waals surface area contributed by atoms with Gasteiger partial charge < -0.3 is 4.74 Å². The highest BCUT2D eigenvalue weighted by Gasteiger charge is 2.23. The summed E-state index contributed by atoms with van der Waals surface area (Å²) in [5.41, 5.74) is 0. The van der Waals surface area contributed by atoms with Gasteiger partial charge in [0, 0.05) is 20.3 Å². The number of hydrogen-bond acceptors (Lipinski definition) is 5. The van der Waals surface area contributed by atoms with Gasteiger partial charge >= 0.3 is 0 Å². The summed E-state index contributed by atoms with van der Waals surface area (Å²) in [6.45, 7) is 0.736. The van der Waals surface area contributed by atoms with Crippen molar-refractivity contribution in [2.45, 2.75) is 22.6 Å². The standard InChI is InChI=1S/C11H18N2O5S2/c1-18-9-5-4-8-13-20(16,17)11-7-3-2-6-10(11)19(12,14)15/h2-3,6-7,13H,4-5,8-9H2,1H3,(H2,12,14,15). The first-order valence-electron chi connectivity index (χ1n) is 5.89. The Morgan fingerprint density at radius 3 is 2.25 bits per heavy atom. The van der Waals surface area contributed by atoms with Gasteiger partial charge in [0.1, 0.15) is 9.79 Å². The maximum atomic E-state index is 12.1. The van der Waals surface area contributed by atoms with E-state index >= 15 is 0 Å². The fourth-order valence-electron chi connectivity index (χ4n) is 1.56. The predicted octanol–water partition coefficient (Wildman–Crippen LogP) is 0.0389. The third kappa shape index (κ3) is 4.84. The van der Waals surface area contributed by atoms with E-state index in [0.717, 1.165) is 6.07 Å². The summed E-state index contributed by atoms with van der Waals surface area (Å²) in [4.78, 5) is -0.751. The minimum absolute atomic E-state index is 0.199. The number of nitrogens with one attached hydrogen (secondary N) is 1. The Morgan fingerprint density at radius 2 is 1.70 bits per heavy atom. The molecule has 9 heteroatoms. The zero-order valence-corrected chi connectivity index (χ0v) is 12.7. The molecule has 0 spiro atoms. The van der Waals surface area contributed by atoms with E-state index in [-0.39, 0.29) is 11.4 Å². The van der Waals surface area contributed by atoms with Gasteiger partial charge in [-0.3, -0.25) is 0 Å². The van der Waals surface area contributed by atoms with E-state index in [4.69, 9.17) is 9.88 Å². The summed E-state index contributed by atoms with van der Waals surface area (Å²) in [5, 5.41) is 5.01. The Labute approximate surface area is 119 Å². The molecule has 0 aromatic heterocycles. The van der Waals surface area contributed by atoms with Crippen molar-refractivity contribution in [1.29, 1.82) is 0 Å². The van der Waals surface area contributed by atoms with Gasteiger partial charge in [-0.15, -0.1) is 0 Å². The Bertz CT molecular complexity index is 641. The third-order valence-corrected chi connectivity index (χ3v) is 5.13. The highest BCUT2D eigenvalue weighted by molar-refractivity contribution is 7.92. The molecule has 0 aliphatic heterocycles. The van der Waals surface area contributed by atoms with Crippen LogP contribution < -0.4 is 9.86 Å². The van der Waals surface area contributed by atoms with Crippen LogP contribution in [-0.2, 0) is 24.8 Å². The van der Waals surface area contributed by atoms with Gasteiger partial charge in [-0.05, 0) is 25.0 Å². The van der Waals surface area contributed by atoms with Gasteiger partial charge in [-0.25, -0.2) is 26.7 Å². The van der Waals surface area contributed by atoms with Crippen LogP contribution in [0.2, 0.25) is 0 Å². The fraction of sp³-hybridized carbons (Fsp3) is 0.455. The molecule has 0 fully saturated rings. The molecule has 0 saturated carbocycles. The maximum Gasteiger partial charge on any atom is 0.241 e. The number of primary sulfonamides is 1. The molecular weight excluding hydrogens is 304 g/mol. The lowest BCUT2D eigenvalue weighted by Crippen LogP contribution is -2.27. The molecule has 0 heterocycles. The molecule has 1 rings (SSSR count). The minimum Gasteiger partial charge on any atom is -0.385 e. The highest BCUT2D eigenvalue weighted by atomic mass is 32.2. The molecule has 0 bridgehead atoms. The third-order valence-electron chi connectivity index (χ3n) is 2.51. The molecule has 7 nitrogen and oxygen atoms in total. The Kier molecular flexibility index (Phi) is 6.08. The lowest BCUT2D eigenvalue weighted by atomic mass is 10.3. The van der Waals surface area contributed by atoms with Crippen molar-refractivity contribution in [1.82, 2.24) is 4.72 Å². The van der Waals surface area contributed by atoms with Gasteiger partial charge in [-0.2, -0.15) is 0 Å². The SMILES string of the molecule is COCCCCNS(=O)(=O)c1ccccc1S(N)(=O)=O. The highest BCUT2D eigenvalue weighted by Crippen LogP contribution is 2.18. The van der Waals surface area contributed by atoms with Crippen LogP contribution >= 0.6 is 0 Å². The van der Waals surface area contributed by atoms with Crippen LogP contribution in [0.4, 0.5) is 0 Å². The quantitative estimate of drug-likeness (QED) is 0.656. The molecule has 3 N–H and O–H groups in total. The predicted molar refractivity (Wildman–Crippen MR) is 74.1 cm³/mol. The molecule has 114 valence electrons. The molecule has 0 aliphatic rings. The van der Waals surface area contributed by atoms with Crippen LogP contribution in [0.5, 0.6) is 0 Å². The second-order valence-corrected chi connectivity index (χ2v) is 7.35. The molecular formula is C11H18N2O5S2. The van der Waals surface area contributed by atoms with Crippen molar-refractivity contribution in [2.75, 3.05) is 20.3 Å². The normalized spacial score (nSPS) is 12.5. The molecule has 20 heavy (non-hydrogen) atoms. The topological polar surface area (TPSA) is 116 Å². The number of sulfonamides is 2. The second-order valence-electron chi connectivity index (χ2n) is 4.09. The van der Waals surface area contributed by atoms with E-state index < -0.39 is 24.9 Å². The van der Waals surface area contributed by atoms with Gasteiger partial charge in [-0.1, -0.05) is 12.1 Å². The molecule has 0 atom stereocenters. The van der Waals surface area contributed by atoms with Crippen molar-refractivity contribution in [3.05, 3.63) is 24.3 Å². The molecule has 1 aromatic carbocycles. The number of nitrogens with two attached hydrogens (primary N) is 1. The first-order chi connectivity index (χ1) is 9.29. The number of methoxy groups -OCH3 is 1. The van der Waals surface area contributed by atoms with E-state index in [1.165, 1.54) is 18.2 Å². The van der Waals surface area contributed by atoms with Crippen LogP contribution in [0.15, 0.2) is 34.1 Å². The summed E-state index contributed by atoms with van der Waals surface area (Å²) in [5.74, 6) is 0. The Balaban J connectivity index is 2.89. The summed E-state index contributed by atoms with van der Waals surface area (Å²) >= 11 is 0. The lowest BCUT2D eigenvalue weighted by Gasteiger charge is -2.10. The first kappa shape index (κ1) is 17.1. The smallest absolute Gasteiger partial charge is 0.241 e. The number of hydrogen-bond donors (Lipinski definition) is 2. The minimum atomic E-state index is -4.09. The van der Waals surface area contributed by atoms with Gasteiger partial charge in [0.25, 0.3) is 0 Å². The second kappa shape index (κ2) is 7.14. The maximum absolute atomic E-state index is 12.1. The Hall–Kier alpha value is -1.00. The van der Waals surface area contributed by atoms with Crippen LogP contribution in [-0.4, -0.2) is 37.1 Å². The number of unbranched alkanes of at least 4 members (excludes halogenated alkanes) is 1. The van der Waals surface area contributed by atoms with Crippen LogP contribution in [0.1, 0.15) is 12.8 Å². The number of ether oxygens (including phenoxy) is 1.